The van der Waals surface area contributed by atoms with E-state index in [-0.39, 0.29) is 6.04 Å². The monoisotopic (exact) mass is 242 g/mol. The Hall–Kier alpha value is -0.0900. The Morgan fingerprint density at radius 2 is 2.20 bits per heavy atom. The number of nitrogens with one attached hydrogen (secondary N) is 1. The third kappa shape index (κ3) is 1.45. The molecule has 1 aliphatic heterocycles. The van der Waals surface area contributed by atoms with Crippen LogP contribution in [0.25, 0.3) is 0 Å². The molecule has 1 aromatic heterocycles. The number of halogens is 1. The van der Waals surface area contributed by atoms with Gasteiger partial charge in [0.25, 0.3) is 0 Å². The summed E-state index contributed by atoms with van der Waals surface area (Å²) in [6.07, 6.45) is 3.54. The van der Waals surface area contributed by atoms with Gasteiger partial charge < -0.3 is 11.1 Å². The molecule has 0 saturated carbocycles. The molecule has 0 aromatic carbocycles. The summed E-state index contributed by atoms with van der Waals surface area (Å²) in [5.74, 6) is 0. The molecule has 1 aromatic rings. The van der Waals surface area contributed by atoms with Gasteiger partial charge in [0.15, 0.2) is 0 Å². The van der Waals surface area contributed by atoms with Crippen LogP contribution < -0.4 is 11.1 Å². The highest BCUT2D eigenvalue weighted by molar-refractivity contribution is 7.16. The standard InChI is InChI=1S/C11H15ClN2S/c12-9-5-7-8(15-9)6-11(10(7)13)1-3-14-4-2-11/h5,10,14H,1-4,6,13H2/t10-/m1/s1. The van der Waals surface area contributed by atoms with E-state index < -0.39 is 0 Å². The van der Waals surface area contributed by atoms with Gasteiger partial charge in [-0.2, -0.15) is 0 Å². The van der Waals surface area contributed by atoms with Crippen molar-refractivity contribution >= 4 is 22.9 Å². The highest BCUT2D eigenvalue weighted by Gasteiger charge is 2.45. The minimum Gasteiger partial charge on any atom is -0.323 e. The van der Waals surface area contributed by atoms with Crippen molar-refractivity contribution in [3.63, 3.8) is 0 Å². The normalized spacial score (nSPS) is 28.3. The average molecular weight is 243 g/mol. The van der Waals surface area contributed by atoms with Crippen LogP contribution in [0.1, 0.15) is 29.3 Å². The Morgan fingerprint density at radius 3 is 2.87 bits per heavy atom. The lowest BCUT2D eigenvalue weighted by atomic mass is 9.74. The third-order valence-corrected chi connectivity index (χ3v) is 5.20. The summed E-state index contributed by atoms with van der Waals surface area (Å²) in [5.41, 5.74) is 8.03. The molecule has 2 aliphatic rings. The van der Waals surface area contributed by atoms with Gasteiger partial charge in [-0.3, -0.25) is 0 Å². The van der Waals surface area contributed by atoms with Gasteiger partial charge in [0.2, 0.25) is 0 Å². The van der Waals surface area contributed by atoms with Crippen molar-refractivity contribution in [3.05, 3.63) is 20.8 Å². The number of piperidine rings is 1. The van der Waals surface area contributed by atoms with Crippen molar-refractivity contribution in [2.45, 2.75) is 25.3 Å². The predicted molar refractivity (Wildman–Crippen MR) is 64.5 cm³/mol. The number of rotatable bonds is 0. The molecule has 0 radical (unpaired) electrons. The van der Waals surface area contributed by atoms with E-state index in [1.54, 1.807) is 11.3 Å². The van der Waals surface area contributed by atoms with E-state index in [1.165, 1.54) is 23.3 Å². The van der Waals surface area contributed by atoms with E-state index in [0.29, 0.717) is 5.41 Å². The van der Waals surface area contributed by atoms with Crippen molar-refractivity contribution in [1.82, 2.24) is 5.32 Å². The lowest BCUT2D eigenvalue weighted by Gasteiger charge is -2.37. The largest absolute Gasteiger partial charge is 0.323 e. The van der Waals surface area contributed by atoms with Crippen LogP contribution in [0.15, 0.2) is 6.07 Å². The zero-order valence-electron chi connectivity index (χ0n) is 8.55. The second kappa shape index (κ2) is 3.45. The first-order chi connectivity index (χ1) is 7.21. The highest BCUT2D eigenvalue weighted by atomic mass is 35.5. The third-order valence-electron chi connectivity index (χ3n) is 3.92. The molecule has 0 unspecified atom stereocenters. The SMILES string of the molecule is N[C@@H]1c2cc(Cl)sc2CC12CCNCC2. The molecule has 1 fully saturated rings. The van der Waals surface area contributed by atoms with Gasteiger partial charge in [-0.15, -0.1) is 11.3 Å². The van der Waals surface area contributed by atoms with Crippen molar-refractivity contribution in [2.24, 2.45) is 11.1 Å². The molecule has 0 bridgehead atoms. The topological polar surface area (TPSA) is 38.0 Å². The zero-order valence-corrected chi connectivity index (χ0v) is 10.1. The Bertz CT molecular complexity index is 382. The average Bonchev–Trinajstić information content (AvgIpc) is 2.68. The summed E-state index contributed by atoms with van der Waals surface area (Å²) in [6, 6.07) is 2.28. The van der Waals surface area contributed by atoms with Crippen LogP contribution in [-0.4, -0.2) is 13.1 Å². The van der Waals surface area contributed by atoms with Crippen LogP contribution in [0.5, 0.6) is 0 Å². The second-order valence-corrected chi connectivity index (χ2v) is 6.46. The van der Waals surface area contributed by atoms with Crippen LogP contribution >= 0.6 is 22.9 Å². The van der Waals surface area contributed by atoms with Gasteiger partial charge in [0.1, 0.15) is 0 Å². The molecule has 1 saturated heterocycles. The molecular formula is C11H15ClN2S. The van der Waals surface area contributed by atoms with Crippen molar-refractivity contribution in [3.8, 4) is 0 Å². The minimum atomic E-state index is 0.207. The Balaban J connectivity index is 1.95. The van der Waals surface area contributed by atoms with Gasteiger partial charge in [-0.25, -0.2) is 0 Å². The van der Waals surface area contributed by atoms with E-state index >= 15 is 0 Å². The lowest BCUT2D eigenvalue weighted by molar-refractivity contribution is 0.174. The predicted octanol–water partition coefficient (Wildman–Crippen LogP) is 2.33. The molecule has 1 aliphatic carbocycles. The molecule has 1 spiro atoms. The maximum atomic E-state index is 6.39. The Labute approximate surface area is 98.8 Å². The fourth-order valence-corrected chi connectivity index (χ4v) is 4.46. The van der Waals surface area contributed by atoms with Gasteiger partial charge in [0.05, 0.1) is 4.34 Å². The van der Waals surface area contributed by atoms with E-state index in [4.69, 9.17) is 17.3 Å². The fraction of sp³-hybridized carbons (Fsp3) is 0.636. The maximum absolute atomic E-state index is 6.39. The summed E-state index contributed by atoms with van der Waals surface area (Å²) in [5, 5.41) is 3.41. The second-order valence-electron chi connectivity index (χ2n) is 4.70. The first kappa shape index (κ1) is 10.1. The van der Waals surface area contributed by atoms with E-state index in [9.17, 15) is 0 Å². The summed E-state index contributed by atoms with van der Waals surface area (Å²) >= 11 is 7.73. The zero-order chi connectivity index (χ0) is 10.5. The van der Waals surface area contributed by atoms with Crippen LogP contribution in [0, 0.1) is 5.41 Å². The van der Waals surface area contributed by atoms with Crippen LogP contribution in [-0.2, 0) is 6.42 Å². The van der Waals surface area contributed by atoms with Crippen LogP contribution in [0.4, 0.5) is 0 Å². The quantitative estimate of drug-likeness (QED) is 0.733. The summed E-state index contributed by atoms with van der Waals surface area (Å²) in [4.78, 5) is 1.43. The summed E-state index contributed by atoms with van der Waals surface area (Å²) in [6.45, 7) is 2.22. The molecule has 1 atom stereocenters. The van der Waals surface area contributed by atoms with Gasteiger partial charge in [0, 0.05) is 10.9 Å². The van der Waals surface area contributed by atoms with Crippen molar-refractivity contribution in [2.75, 3.05) is 13.1 Å². The molecule has 0 amide bonds. The summed E-state index contributed by atoms with van der Waals surface area (Å²) in [7, 11) is 0. The van der Waals surface area contributed by atoms with Gasteiger partial charge >= 0.3 is 0 Å². The fourth-order valence-electron chi connectivity index (χ4n) is 2.98. The smallest absolute Gasteiger partial charge is 0.0934 e. The van der Waals surface area contributed by atoms with Crippen LogP contribution in [0.2, 0.25) is 4.34 Å². The van der Waals surface area contributed by atoms with Crippen LogP contribution in [0.3, 0.4) is 0 Å². The van der Waals surface area contributed by atoms with E-state index in [1.807, 2.05) is 0 Å². The minimum absolute atomic E-state index is 0.207. The first-order valence-corrected chi connectivity index (χ1v) is 6.65. The summed E-state index contributed by atoms with van der Waals surface area (Å²) < 4.78 is 0.888. The number of hydrogen-bond acceptors (Lipinski definition) is 3. The van der Waals surface area contributed by atoms with E-state index in [2.05, 4.69) is 11.4 Å². The lowest BCUT2D eigenvalue weighted by Crippen LogP contribution is -2.42. The number of hydrogen-bond donors (Lipinski definition) is 2. The molecule has 2 nitrogen and oxygen atoms in total. The maximum Gasteiger partial charge on any atom is 0.0934 e. The van der Waals surface area contributed by atoms with Crippen molar-refractivity contribution in [1.29, 1.82) is 0 Å². The van der Waals surface area contributed by atoms with Gasteiger partial charge in [-0.1, -0.05) is 11.6 Å². The van der Waals surface area contributed by atoms with E-state index in [0.717, 1.165) is 23.8 Å². The molecule has 2 heterocycles. The number of thiophene rings is 1. The molecule has 4 heteroatoms. The number of fused-ring (bicyclic) bond motifs is 1. The number of nitrogens with two attached hydrogens (primary N) is 1. The molecule has 15 heavy (non-hydrogen) atoms. The van der Waals surface area contributed by atoms with Gasteiger partial charge in [-0.05, 0) is 49.4 Å². The first-order valence-electron chi connectivity index (χ1n) is 5.46. The Morgan fingerprint density at radius 1 is 1.47 bits per heavy atom. The molecule has 3 N–H and O–H groups in total. The Kier molecular flexibility index (Phi) is 2.32. The molecular weight excluding hydrogens is 228 g/mol. The van der Waals surface area contributed by atoms with Crippen molar-refractivity contribution < 1.29 is 0 Å². The molecule has 82 valence electrons. The highest BCUT2D eigenvalue weighted by Crippen LogP contribution is 2.52. The molecule has 3 rings (SSSR count).